The highest BCUT2D eigenvalue weighted by molar-refractivity contribution is 9.10. The van der Waals surface area contributed by atoms with Gasteiger partial charge >= 0.3 is 0 Å². The zero-order chi connectivity index (χ0) is 11.3. The van der Waals surface area contributed by atoms with Gasteiger partial charge in [-0.05, 0) is 34.5 Å². The molecule has 0 bridgehead atoms. The fraction of sp³-hybridized carbons (Fsp3) is 0.400. The third kappa shape index (κ3) is 3.40. The lowest BCUT2D eigenvalue weighted by Gasteiger charge is -2.08. The van der Waals surface area contributed by atoms with Crippen LogP contribution in [0.25, 0.3) is 0 Å². The van der Waals surface area contributed by atoms with Crippen molar-refractivity contribution in [3.63, 3.8) is 0 Å². The number of carbonyl (C=O) groups excluding carboxylic acids is 1. The number of nitrogens with zero attached hydrogens (tertiary/aromatic N) is 1. The number of halogens is 1. The zero-order valence-electron chi connectivity index (χ0n) is 8.29. The summed E-state index contributed by atoms with van der Waals surface area (Å²) >= 11 is 3.10. The second kappa shape index (κ2) is 5.56. The summed E-state index contributed by atoms with van der Waals surface area (Å²) < 4.78 is 5.56. The molecule has 1 heterocycles. The minimum absolute atomic E-state index is 0.207. The van der Waals surface area contributed by atoms with Crippen LogP contribution in [0.15, 0.2) is 21.2 Å². The molecule has 1 N–H and O–H groups in total. The molecule has 5 heteroatoms. The maximum Gasteiger partial charge on any atom is 0.288 e. The van der Waals surface area contributed by atoms with E-state index in [2.05, 4.69) is 21.2 Å². The predicted molar refractivity (Wildman–Crippen MR) is 58.2 cm³/mol. The van der Waals surface area contributed by atoms with Gasteiger partial charge in [-0.1, -0.05) is 13.3 Å². The van der Waals surface area contributed by atoms with Crippen LogP contribution < -0.4 is 5.32 Å². The quantitative estimate of drug-likeness (QED) is 0.914. The molecule has 1 aromatic rings. The molecule has 0 aliphatic rings. The molecule has 0 radical (unpaired) electrons. The molecule has 0 aliphatic heterocycles. The van der Waals surface area contributed by atoms with Gasteiger partial charge in [0, 0.05) is 0 Å². The first-order valence-electron chi connectivity index (χ1n) is 4.63. The van der Waals surface area contributed by atoms with E-state index in [9.17, 15) is 4.79 Å². The van der Waals surface area contributed by atoms with Gasteiger partial charge in [0.2, 0.25) is 0 Å². The lowest BCUT2D eigenvalue weighted by molar-refractivity contribution is 0.0914. The van der Waals surface area contributed by atoms with Crippen molar-refractivity contribution in [3.8, 4) is 6.07 Å². The van der Waals surface area contributed by atoms with E-state index in [0.717, 1.165) is 6.42 Å². The number of rotatable bonds is 4. The van der Waals surface area contributed by atoms with Crippen LogP contribution >= 0.6 is 15.9 Å². The first kappa shape index (κ1) is 11.8. The summed E-state index contributed by atoms with van der Waals surface area (Å²) in [4.78, 5) is 11.5. The van der Waals surface area contributed by atoms with E-state index in [1.165, 1.54) is 0 Å². The summed E-state index contributed by atoms with van der Waals surface area (Å²) in [7, 11) is 0. The number of furan rings is 1. The molecular weight excluding hydrogens is 260 g/mol. The van der Waals surface area contributed by atoms with E-state index in [1.54, 1.807) is 12.1 Å². The third-order valence-electron chi connectivity index (χ3n) is 1.84. The van der Waals surface area contributed by atoms with Crippen LogP contribution in [-0.4, -0.2) is 11.9 Å². The van der Waals surface area contributed by atoms with Gasteiger partial charge in [-0.15, -0.1) is 0 Å². The molecule has 1 amide bonds. The van der Waals surface area contributed by atoms with E-state index in [1.807, 2.05) is 13.0 Å². The third-order valence-corrected chi connectivity index (χ3v) is 2.26. The lowest BCUT2D eigenvalue weighted by atomic mass is 10.2. The fourth-order valence-electron chi connectivity index (χ4n) is 1.12. The molecule has 80 valence electrons. The number of hydrogen-bond acceptors (Lipinski definition) is 3. The molecular formula is C10H11BrN2O2. The lowest BCUT2D eigenvalue weighted by Crippen LogP contribution is -2.33. The predicted octanol–water partition coefficient (Wildman–Crippen LogP) is 2.46. The first-order chi connectivity index (χ1) is 7.17. The molecule has 15 heavy (non-hydrogen) atoms. The number of nitriles is 1. The summed E-state index contributed by atoms with van der Waals surface area (Å²) in [5.74, 6) is -0.154. The van der Waals surface area contributed by atoms with Gasteiger partial charge in [-0.25, -0.2) is 0 Å². The highest BCUT2D eigenvalue weighted by Gasteiger charge is 2.14. The summed E-state index contributed by atoms with van der Waals surface area (Å²) in [5, 5.41) is 11.3. The molecule has 1 aromatic heterocycles. The van der Waals surface area contributed by atoms with Gasteiger partial charge in [-0.2, -0.15) is 5.26 Å². The van der Waals surface area contributed by atoms with Crippen molar-refractivity contribution in [2.24, 2.45) is 0 Å². The highest BCUT2D eigenvalue weighted by Crippen LogP contribution is 2.14. The standard InChI is InChI=1S/C10H11BrN2O2/c1-2-3-7(6-12)13-10(14)8-4-5-9(11)15-8/h4-5,7H,2-3H2,1H3,(H,13,14). The van der Waals surface area contributed by atoms with Crippen LogP contribution in [0.2, 0.25) is 0 Å². The summed E-state index contributed by atoms with van der Waals surface area (Å²) in [6.07, 6.45) is 1.49. The van der Waals surface area contributed by atoms with Crippen LogP contribution in [0, 0.1) is 11.3 Å². The monoisotopic (exact) mass is 270 g/mol. The second-order valence-corrected chi connectivity index (χ2v) is 3.83. The zero-order valence-corrected chi connectivity index (χ0v) is 9.87. The molecule has 0 saturated carbocycles. The van der Waals surface area contributed by atoms with E-state index in [-0.39, 0.29) is 11.7 Å². The van der Waals surface area contributed by atoms with Crippen molar-refractivity contribution in [1.82, 2.24) is 5.32 Å². The SMILES string of the molecule is CCCC(C#N)NC(=O)c1ccc(Br)o1. The average molecular weight is 271 g/mol. The van der Waals surface area contributed by atoms with Crippen LogP contribution in [0.3, 0.4) is 0 Å². The number of hydrogen-bond donors (Lipinski definition) is 1. The topological polar surface area (TPSA) is 66.0 Å². The molecule has 0 aromatic carbocycles. The maximum absolute atomic E-state index is 11.5. The van der Waals surface area contributed by atoms with Gasteiger partial charge in [0.05, 0.1) is 6.07 Å². The Kier molecular flexibility index (Phi) is 4.37. The van der Waals surface area contributed by atoms with Crippen LogP contribution in [0.4, 0.5) is 0 Å². The van der Waals surface area contributed by atoms with E-state index >= 15 is 0 Å². The Hall–Kier alpha value is -1.28. The molecule has 0 saturated heterocycles. The Morgan fingerprint density at radius 1 is 1.73 bits per heavy atom. The largest absolute Gasteiger partial charge is 0.444 e. The molecule has 0 aliphatic carbocycles. The van der Waals surface area contributed by atoms with Crippen molar-refractivity contribution in [3.05, 3.63) is 22.6 Å². The fourth-order valence-corrected chi connectivity index (χ4v) is 1.43. The smallest absolute Gasteiger partial charge is 0.288 e. The number of amides is 1. The normalized spacial score (nSPS) is 11.8. The molecule has 1 unspecified atom stereocenters. The van der Waals surface area contributed by atoms with Gasteiger partial charge in [0.25, 0.3) is 5.91 Å². The Bertz CT molecular complexity index is 381. The summed E-state index contributed by atoms with van der Waals surface area (Å²) in [6, 6.07) is 4.76. The average Bonchev–Trinajstić information content (AvgIpc) is 2.64. The van der Waals surface area contributed by atoms with Crippen molar-refractivity contribution in [1.29, 1.82) is 5.26 Å². The molecule has 1 atom stereocenters. The van der Waals surface area contributed by atoms with Crippen LogP contribution in [0.5, 0.6) is 0 Å². The van der Waals surface area contributed by atoms with Gasteiger partial charge in [-0.3, -0.25) is 4.79 Å². The van der Waals surface area contributed by atoms with Gasteiger partial charge in [0.1, 0.15) is 6.04 Å². The van der Waals surface area contributed by atoms with E-state index in [4.69, 9.17) is 9.68 Å². The maximum atomic E-state index is 11.5. The van der Waals surface area contributed by atoms with E-state index < -0.39 is 6.04 Å². The van der Waals surface area contributed by atoms with Crippen molar-refractivity contribution < 1.29 is 9.21 Å². The second-order valence-electron chi connectivity index (χ2n) is 3.05. The van der Waals surface area contributed by atoms with Gasteiger partial charge < -0.3 is 9.73 Å². The number of nitrogens with one attached hydrogen (secondary N) is 1. The first-order valence-corrected chi connectivity index (χ1v) is 5.42. The molecule has 0 fully saturated rings. The Morgan fingerprint density at radius 3 is 2.93 bits per heavy atom. The number of carbonyl (C=O) groups is 1. The molecule has 1 rings (SSSR count). The molecule has 0 spiro atoms. The van der Waals surface area contributed by atoms with Crippen molar-refractivity contribution >= 4 is 21.8 Å². The minimum Gasteiger partial charge on any atom is -0.444 e. The van der Waals surface area contributed by atoms with Crippen molar-refractivity contribution in [2.75, 3.05) is 0 Å². The van der Waals surface area contributed by atoms with Crippen LogP contribution in [-0.2, 0) is 0 Å². The van der Waals surface area contributed by atoms with Crippen LogP contribution in [0.1, 0.15) is 30.3 Å². The Morgan fingerprint density at radius 2 is 2.47 bits per heavy atom. The van der Waals surface area contributed by atoms with Crippen molar-refractivity contribution in [2.45, 2.75) is 25.8 Å². The Labute approximate surface area is 96.4 Å². The highest BCUT2D eigenvalue weighted by atomic mass is 79.9. The Balaban J connectivity index is 2.59. The van der Waals surface area contributed by atoms with E-state index in [0.29, 0.717) is 11.1 Å². The van der Waals surface area contributed by atoms with Gasteiger partial charge in [0.15, 0.2) is 10.4 Å². The summed E-state index contributed by atoms with van der Waals surface area (Å²) in [5.41, 5.74) is 0. The minimum atomic E-state index is -0.452. The molecule has 4 nitrogen and oxygen atoms in total. The summed E-state index contributed by atoms with van der Waals surface area (Å²) in [6.45, 7) is 1.96.